The van der Waals surface area contributed by atoms with Crippen LogP contribution in [0.2, 0.25) is 5.02 Å². The van der Waals surface area contributed by atoms with Crippen molar-refractivity contribution in [2.75, 3.05) is 13.1 Å². The summed E-state index contributed by atoms with van der Waals surface area (Å²) in [7, 11) is 0. The number of amides is 2. The number of hydrogen-bond acceptors (Lipinski definition) is 3. The van der Waals surface area contributed by atoms with Gasteiger partial charge >= 0.3 is 0 Å². The topological polar surface area (TPSA) is 67.2 Å². The summed E-state index contributed by atoms with van der Waals surface area (Å²) in [6.45, 7) is 3.77. The predicted octanol–water partition coefficient (Wildman–Crippen LogP) is 2.60. The average molecular weight is 363 g/mol. The number of nitrogens with zero attached hydrogens (tertiary/aromatic N) is 3. The second-order valence-electron chi connectivity index (χ2n) is 6.50. The van der Waals surface area contributed by atoms with Crippen LogP contribution in [-0.2, 0) is 16.1 Å². The largest absolute Gasteiger partial charge is 0.345 e. The van der Waals surface area contributed by atoms with Gasteiger partial charge in [0.2, 0.25) is 11.8 Å². The summed E-state index contributed by atoms with van der Waals surface area (Å²) >= 11 is 6.03. The Morgan fingerprint density at radius 1 is 1.28 bits per heavy atom. The van der Waals surface area contributed by atoms with Crippen LogP contribution < -0.4 is 5.32 Å². The summed E-state index contributed by atoms with van der Waals surface area (Å²) in [5, 5.41) is 8.72. The number of aromatic nitrogens is 2. The van der Waals surface area contributed by atoms with E-state index in [-0.39, 0.29) is 18.2 Å². The van der Waals surface area contributed by atoms with Gasteiger partial charge in [0.1, 0.15) is 6.04 Å². The lowest BCUT2D eigenvalue weighted by Crippen LogP contribution is -2.48. The minimum Gasteiger partial charge on any atom is -0.345 e. The van der Waals surface area contributed by atoms with Crippen molar-refractivity contribution in [2.24, 2.45) is 0 Å². The number of nitrogens with one attached hydrogen (secondary N) is 1. The molecule has 1 fully saturated rings. The second kappa shape index (κ2) is 7.87. The van der Waals surface area contributed by atoms with Crippen LogP contribution in [0.1, 0.15) is 32.6 Å². The normalized spacial score (nSPS) is 16.0. The fraction of sp³-hybridized carbons (Fsp3) is 0.500. The van der Waals surface area contributed by atoms with Crippen molar-refractivity contribution in [1.82, 2.24) is 20.0 Å². The molecule has 2 amide bonds. The van der Waals surface area contributed by atoms with Gasteiger partial charge in [-0.2, -0.15) is 5.10 Å². The third-order valence-electron chi connectivity index (χ3n) is 4.57. The van der Waals surface area contributed by atoms with Crippen LogP contribution in [0.15, 0.2) is 24.4 Å². The fourth-order valence-electron chi connectivity index (χ4n) is 3.19. The number of aryl methyl sites for hydroxylation is 1. The monoisotopic (exact) mass is 362 g/mol. The van der Waals surface area contributed by atoms with Crippen molar-refractivity contribution in [3.8, 4) is 0 Å². The van der Waals surface area contributed by atoms with Gasteiger partial charge in [0.25, 0.3) is 0 Å². The maximum absolute atomic E-state index is 12.4. The highest BCUT2D eigenvalue weighted by Crippen LogP contribution is 2.19. The molecule has 0 spiro atoms. The molecule has 25 heavy (non-hydrogen) atoms. The summed E-state index contributed by atoms with van der Waals surface area (Å²) in [6, 6.07) is 5.07. The molecular weight excluding hydrogens is 340 g/mol. The van der Waals surface area contributed by atoms with Crippen molar-refractivity contribution in [2.45, 2.75) is 45.2 Å². The molecule has 7 heteroatoms. The van der Waals surface area contributed by atoms with Gasteiger partial charge in [-0.15, -0.1) is 0 Å². The molecule has 0 radical (unpaired) electrons. The van der Waals surface area contributed by atoms with E-state index in [0.29, 0.717) is 11.6 Å². The van der Waals surface area contributed by atoms with Crippen LogP contribution in [0.3, 0.4) is 0 Å². The number of hydrogen-bond donors (Lipinski definition) is 1. The average Bonchev–Trinajstić information content (AvgIpc) is 3.02. The van der Waals surface area contributed by atoms with E-state index in [0.717, 1.165) is 36.8 Å². The Morgan fingerprint density at radius 3 is 2.80 bits per heavy atom. The first kappa shape index (κ1) is 17.7. The fourth-order valence-corrected chi connectivity index (χ4v) is 3.36. The molecule has 1 atom stereocenters. The summed E-state index contributed by atoms with van der Waals surface area (Å²) in [6.07, 6.45) is 5.28. The Hall–Kier alpha value is -2.08. The molecule has 0 bridgehead atoms. The van der Waals surface area contributed by atoms with E-state index in [1.807, 2.05) is 23.1 Å². The number of carbonyl (C=O) groups is 2. The van der Waals surface area contributed by atoms with Crippen molar-refractivity contribution in [1.29, 1.82) is 0 Å². The van der Waals surface area contributed by atoms with Crippen LogP contribution in [0.5, 0.6) is 0 Å². The zero-order valence-electron chi connectivity index (χ0n) is 14.4. The van der Waals surface area contributed by atoms with E-state index >= 15 is 0 Å². The highest BCUT2D eigenvalue weighted by Gasteiger charge is 2.23. The summed E-state index contributed by atoms with van der Waals surface area (Å²) in [4.78, 5) is 26.4. The molecule has 1 N–H and O–H groups in total. The number of fused-ring (bicyclic) bond motifs is 1. The third kappa shape index (κ3) is 4.31. The van der Waals surface area contributed by atoms with Crippen molar-refractivity contribution >= 4 is 34.3 Å². The molecule has 0 aliphatic carbocycles. The molecule has 1 saturated heterocycles. The molecule has 134 valence electrons. The second-order valence-corrected chi connectivity index (χ2v) is 6.93. The Labute approximate surface area is 152 Å². The van der Waals surface area contributed by atoms with Gasteiger partial charge in [-0.3, -0.25) is 14.3 Å². The zero-order valence-corrected chi connectivity index (χ0v) is 15.1. The SMILES string of the molecule is CC(NC(=O)CCn1ncc2ccc(Cl)cc21)C(=O)N1CCCCC1. The first-order chi connectivity index (χ1) is 12.0. The Morgan fingerprint density at radius 2 is 2.04 bits per heavy atom. The van der Waals surface area contributed by atoms with E-state index in [4.69, 9.17) is 11.6 Å². The molecule has 1 unspecified atom stereocenters. The van der Waals surface area contributed by atoms with Crippen LogP contribution in [0.25, 0.3) is 10.9 Å². The lowest BCUT2D eigenvalue weighted by atomic mass is 10.1. The quantitative estimate of drug-likeness (QED) is 0.889. The van der Waals surface area contributed by atoms with Gasteiger partial charge in [-0.25, -0.2) is 0 Å². The van der Waals surface area contributed by atoms with E-state index < -0.39 is 6.04 Å². The number of piperidine rings is 1. The molecule has 3 rings (SSSR count). The van der Waals surface area contributed by atoms with Crippen molar-refractivity contribution < 1.29 is 9.59 Å². The van der Waals surface area contributed by atoms with Crippen LogP contribution in [0, 0.1) is 0 Å². The maximum atomic E-state index is 12.4. The van der Waals surface area contributed by atoms with Gasteiger partial charge < -0.3 is 10.2 Å². The van der Waals surface area contributed by atoms with Gasteiger partial charge in [0.15, 0.2) is 0 Å². The Kier molecular flexibility index (Phi) is 5.58. The van der Waals surface area contributed by atoms with E-state index in [1.54, 1.807) is 17.8 Å². The number of rotatable bonds is 5. The number of carbonyl (C=O) groups excluding carboxylic acids is 2. The van der Waals surface area contributed by atoms with Gasteiger partial charge in [0, 0.05) is 29.9 Å². The number of likely N-dealkylation sites (tertiary alicyclic amines) is 1. The predicted molar refractivity (Wildman–Crippen MR) is 97.4 cm³/mol. The summed E-state index contributed by atoms with van der Waals surface area (Å²) in [5.41, 5.74) is 0.901. The third-order valence-corrected chi connectivity index (χ3v) is 4.81. The molecule has 1 aliphatic rings. The standard InChI is InChI=1S/C18H23ClN4O2/c1-13(18(25)22-8-3-2-4-9-22)21-17(24)7-10-23-16-11-15(19)6-5-14(16)12-20-23/h5-6,11-13H,2-4,7-10H2,1H3,(H,21,24). The Bertz CT molecular complexity index is 768. The number of benzene rings is 1. The summed E-state index contributed by atoms with van der Waals surface area (Å²) in [5.74, 6) is -0.145. The zero-order chi connectivity index (χ0) is 17.8. The van der Waals surface area contributed by atoms with Gasteiger partial charge in [-0.1, -0.05) is 11.6 Å². The molecule has 0 saturated carbocycles. The highest BCUT2D eigenvalue weighted by molar-refractivity contribution is 6.31. The van der Waals surface area contributed by atoms with Crippen molar-refractivity contribution in [3.05, 3.63) is 29.4 Å². The molecular formula is C18H23ClN4O2. The van der Waals surface area contributed by atoms with Crippen LogP contribution in [0.4, 0.5) is 0 Å². The first-order valence-electron chi connectivity index (χ1n) is 8.74. The lowest BCUT2D eigenvalue weighted by molar-refractivity contribution is -0.136. The smallest absolute Gasteiger partial charge is 0.244 e. The molecule has 1 aromatic heterocycles. The van der Waals surface area contributed by atoms with Crippen molar-refractivity contribution in [3.63, 3.8) is 0 Å². The molecule has 6 nitrogen and oxygen atoms in total. The Balaban J connectivity index is 1.53. The minimum atomic E-state index is -0.491. The minimum absolute atomic E-state index is 0.00405. The molecule has 2 aromatic rings. The highest BCUT2D eigenvalue weighted by atomic mass is 35.5. The molecule has 2 heterocycles. The lowest BCUT2D eigenvalue weighted by Gasteiger charge is -2.29. The van der Waals surface area contributed by atoms with Crippen LogP contribution in [-0.4, -0.2) is 45.6 Å². The van der Waals surface area contributed by atoms with Gasteiger partial charge in [-0.05, 0) is 44.4 Å². The first-order valence-corrected chi connectivity index (χ1v) is 9.11. The van der Waals surface area contributed by atoms with E-state index in [9.17, 15) is 9.59 Å². The summed E-state index contributed by atoms with van der Waals surface area (Å²) < 4.78 is 1.76. The number of halogens is 1. The maximum Gasteiger partial charge on any atom is 0.244 e. The van der Waals surface area contributed by atoms with E-state index in [1.165, 1.54) is 6.42 Å². The molecule has 1 aliphatic heterocycles. The molecule has 1 aromatic carbocycles. The van der Waals surface area contributed by atoms with Gasteiger partial charge in [0.05, 0.1) is 18.3 Å². The van der Waals surface area contributed by atoms with E-state index in [2.05, 4.69) is 10.4 Å². The van der Waals surface area contributed by atoms with Crippen LogP contribution >= 0.6 is 11.6 Å².